The zero-order valence-corrected chi connectivity index (χ0v) is 10.6. The predicted octanol–water partition coefficient (Wildman–Crippen LogP) is 0.715. The minimum atomic E-state index is -0.739. The maximum Gasteiger partial charge on any atom is 0.335 e. The molecule has 0 spiro atoms. The van der Waals surface area contributed by atoms with Crippen LogP contribution in [0.5, 0.6) is 0 Å². The van der Waals surface area contributed by atoms with Crippen molar-refractivity contribution in [1.82, 2.24) is 10.2 Å². The third kappa shape index (κ3) is 2.47. The van der Waals surface area contributed by atoms with Gasteiger partial charge in [-0.05, 0) is 12.1 Å². The van der Waals surface area contributed by atoms with E-state index in [2.05, 4.69) is 5.32 Å². The molecule has 1 saturated heterocycles. The van der Waals surface area contributed by atoms with Crippen molar-refractivity contribution in [3.8, 4) is 0 Å². The molecule has 1 aromatic carbocycles. The van der Waals surface area contributed by atoms with Crippen LogP contribution >= 0.6 is 0 Å². The van der Waals surface area contributed by atoms with Crippen molar-refractivity contribution in [3.05, 3.63) is 42.1 Å². The molecule has 19 heavy (non-hydrogen) atoms. The number of nitrogens with zero attached hydrogens (tertiary/aromatic N) is 2. The Morgan fingerprint density at radius 2 is 1.74 bits per heavy atom. The quantitative estimate of drug-likeness (QED) is 0.627. The van der Waals surface area contributed by atoms with Gasteiger partial charge >= 0.3 is 6.03 Å². The zero-order valence-electron chi connectivity index (χ0n) is 10.6. The first-order chi connectivity index (χ1) is 9.00. The smallest absolute Gasteiger partial charge is 0.335 e. The number of benzene rings is 1. The van der Waals surface area contributed by atoms with Gasteiger partial charge in [-0.15, -0.1) is 0 Å². The van der Waals surface area contributed by atoms with Gasteiger partial charge in [0, 0.05) is 20.3 Å². The molecule has 2 rings (SSSR count). The van der Waals surface area contributed by atoms with Crippen LogP contribution in [0.1, 0.15) is 0 Å². The van der Waals surface area contributed by atoms with Gasteiger partial charge < -0.3 is 4.90 Å². The minimum absolute atomic E-state index is 0.0755. The number of anilines is 1. The van der Waals surface area contributed by atoms with Crippen molar-refractivity contribution >= 4 is 23.5 Å². The van der Waals surface area contributed by atoms with E-state index in [-0.39, 0.29) is 5.57 Å². The summed E-state index contributed by atoms with van der Waals surface area (Å²) < 4.78 is 0. The predicted molar refractivity (Wildman–Crippen MR) is 69.2 cm³/mol. The van der Waals surface area contributed by atoms with E-state index in [0.717, 1.165) is 4.90 Å². The third-order valence-corrected chi connectivity index (χ3v) is 2.50. The molecule has 6 heteroatoms. The number of para-hydroxylation sites is 1. The second-order valence-electron chi connectivity index (χ2n) is 4.24. The first kappa shape index (κ1) is 12.8. The van der Waals surface area contributed by atoms with E-state index in [1.807, 2.05) is 0 Å². The summed E-state index contributed by atoms with van der Waals surface area (Å²) in [5.74, 6) is -1.32. The molecule has 1 aromatic rings. The maximum atomic E-state index is 12.2. The summed E-state index contributed by atoms with van der Waals surface area (Å²) in [6.07, 6.45) is 1.39. The Labute approximate surface area is 110 Å². The topological polar surface area (TPSA) is 69.7 Å². The molecule has 0 aliphatic carbocycles. The van der Waals surface area contributed by atoms with Gasteiger partial charge in [0.05, 0.1) is 5.69 Å². The van der Waals surface area contributed by atoms with E-state index in [9.17, 15) is 14.4 Å². The molecule has 0 aromatic heterocycles. The summed E-state index contributed by atoms with van der Waals surface area (Å²) >= 11 is 0. The molecule has 1 heterocycles. The number of barbiturate groups is 1. The summed E-state index contributed by atoms with van der Waals surface area (Å²) in [6.45, 7) is 0. The summed E-state index contributed by atoms with van der Waals surface area (Å²) in [6, 6.07) is 7.71. The van der Waals surface area contributed by atoms with Crippen LogP contribution in [0.25, 0.3) is 0 Å². The van der Waals surface area contributed by atoms with E-state index >= 15 is 0 Å². The van der Waals surface area contributed by atoms with Crippen LogP contribution < -0.4 is 10.2 Å². The Bertz CT molecular complexity index is 564. The Morgan fingerprint density at radius 1 is 1.11 bits per heavy atom. The van der Waals surface area contributed by atoms with Crippen molar-refractivity contribution in [2.75, 3.05) is 19.0 Å². The van der Waals surface area contributed by atoms with E-state index < -0.39 is 17.8 Å². The number of amides is 4. The Hall–Kier alpha value is -2.63. The summed E-state index contributed by atoms with van der Waals surface area (Å²) in [5, 5.41) is 2.15. The van der Waals surface area contributed by atoms with Gasteiger partial charge in [-0.1, -0.05) is 18.2 Å². The van der Waals surface area contributed by atoms with Crippen LogP contribution in [-0.2, 0) is 9.59 Å². The summed E-state index contributed by atoms with van der Waals surface area (Å²) in [7, 11) is 3.38. The molecule has 6 nitrogen and oxygen atoms in total. The number of carbonyl (C=O) groups is 3. The fourth-order valence-electron chi connectivity index (χ4n) is 1.71. The SMILES string of the molecule is CN(C)/C=C1/C(=O)NC(=O)N(c2ccccc2)C1=O. The van der Waals surface area contributed by atoms with Crippen LogP contribution in [0, 0.1) is 0 Å². The number of urea groups is 1. The molecule has 0 radical (unpaired) electrons. The van der Waals surface area contributed by atoms with Crippen molar-refractivity contribution in [3.63, 3.8) is 0 Å². The molecular weight excluding hydrogens is 246 g/mol. The van der Waals surface area contributed by atoms with Gasteiger partial charge in [-0.25, -0.2) is 9.69 Å². The van der Waals surface area contributed by atoms with Crippen molar-refractivity contribution < 1.29 is 14.4 Å². The molecular formula is C13H13N3O3. The molecule has 4 amide bonds. The number of hydrogen-bond donors (Lipinski definition) is 1. The normalized spacial score (nSPS) is 17.7. The molecule has 1 aliphatic rings. The number of nitrogens with one attached hydrogen (secondary N) is 1. The monoisotopic (exact) mass is 259 g/mol. The Kier molecular flexibility index (Phi) is 3.33. The van der Waals surface area contributed by atoms with Crippen LogP contribution in [0.4, 0.5) is 10.5 Å². The molecule has 0 bridgehead atoms. The highest BCUT2D eigenvalue weighted by atomic mass is 16.2. The fourth-order valence-corrected chi connectivity index (χ4v) is 1.71. The van der Waals surface area contributed by atoms with E-state index in [4.69, 9.17) is 0 Å². The Morgan fingerprint density at radius 3 is 2.32 bits per heavy atom. The van der Waals surface area contributed by atoms with Crippen molar-refractivity contribution in [2.24, 2.45) is 0 Å². The average Bonchev–Trinajstić information content (AvgIpc) is 2.35. The lowest BCUT2D eigenvalue weighted by Gasteiger charge is -2.26. The van der Waals surface area contributed by atoms with E-state index in [0.29, 0.717) is 5.69 Å². The fraction of sp³-hybridized carbons (Fsp3) is 0.154. The molecule has 0 atom stereocenters. The molecule has 98 valence electrons. The van der Waals surface area contributed by atoms with Crippen molar-refractivity contribution in [1.29, 1.82) is 0 Å². The lowest BCUT2D eigenvalue weighted by molar-refractivity contribution is -0.122. The van der Waals surface area contributed by atoms with E-state index in [1.54, 1.807) is 49.3 Å². The number of carbonyl (C=O) groups excluding carboxylic acids is 3. The number of hydrogen-bond acceptors (Lipinski definition) is 4. The Balaban J connectivity index is 2.42. The molecule has 1 fully saturated rings. The minimum Gasteiger partial charge on any atom is -0.383 e. The second-order valence-corrected chi connectivity index (χ2v) is 4.24. The van der Waals surface area contributed by atoms with Gasteiger partial charge in [-0.2, -0.15) is 0 Å². The average molecular weight is 259 g/mol. The largest absolute Gasteiger partial charge is 0.383 e. The third-order valence-electron chi connectivity index (χ3n) is 2.50. The number of imide groups is 2. The molecule has 0 unspecified atom stereocenters. The van der Waals surface area contributed by atoms with Gasteiger partial charge in [0.2, 0.25) is 0 Å². The van der Waals surface area contributed by atoms with Gasteiger partial charge in [-0.3, -0.25) is 14.9 Å². The van der Waals surface area contributed by atoms with Gasteiger partial charge in [0.15, 0.2) is 0 Å². The van der Waals surface area contributed by atoms with Crippen LogP contribution in [0.15, 0.2) is 42.1 Å². The standard InChI is InChI=1S/C13H13N3O3/c1-15(2)8-10-11(17)14-13(19)16(12(10)18)9-6-4-3-5-7-9/h3-8H,1-2H3,(H,14,17,19)/b10-8-. The van der Waals surface area contributed by atoms with Crippen LogP contribution in [0.3, 0.4) is 0 Å². The maximum absolute atomic E-state index is 12.2. The number of rotatable bonds is 2. The van der Waals surface area contributed by atoms with Gasteiger partial charge in [0.25, 0.3) is 11.8 Å². The van der Waals surface area contributed by atoms with Crippen molar-refractivity contribution in [2.45, 2.75) is 0 Å². The molecule has 1 N–H and O–H groups in total. The lowest BCUT2D eigenvalue weighted by Crippen LogP contribution is -2.54. The van der Waals surface area contributed by atoms with Crippen LogP contribution in [-0.4, -0.2) is 36.8 Å². The first-order valence-electron chi connectivity index (χ1n) is 5.64. The van der Waals surface area contributed by atoms with E-state index in [1.165, 1.54) is 6.20 Å². The highest BCUT2D eigenvalue weighted by Gasteiger charge is 2.36. The lowest BCUT2D eigenvalue weighted by atomic mass is 10.1. The zero-order chi connectivity index (χ0) is 14.0. The summed E-state index contributed by atoms with van der Waals surface area (Å²) in [5.41, 5.74) is 0.343. The molecule has 1 aliphatic heterocycles. The summed E-state index contributed by atoms with van der Waals surface area (Å²) in [4.78, 5) is 38.2. The first-order valence-corrected chi connectivity index (χ1v) is 5.64. The van der Waals surface area contributed by atoms with Crippen LogP contribution in [0.2, 0.25) is 0 Å². The van der Waals surface area contributed by atoms with Gasteiger partial charge in [0.1, 0.15) is 5.57 Å². The highest BCUT2D eigenvalue weighted by molar-refractivity contribution is 6.37. The molecule has 0 saturated carbocycles. The second kappa shape index (κ2) is 4.93. The highest BCUT2D eigenvalue weighted by Crippen LogP contribution is 2.19.